The molecule has 0 heterocycles. The second-order valence-electron chi connectivity index (χ2n) is 11.1. The lowest BCUT2D eigenvalue weighted by molar-refractivity contribution is -0.142. The van der Waals surface area contributed by atoms with Gasteiger partial charge in [-0.3, -0.25) is 0 Å². The third-order valence-electron chi connectivity index (χ3n) is 8.53. The zero-order chi connectivity index (χ0) is 25.3. The van der Waals surface area contributed by atoms with E-state index in [9.17, 15) is 22.0 Å². The van der Waals surface area contributed by atoms with Gasteiger partial charge in [-0.25, -0.2) is 8.78 Å². The van der Waals surface area contributed by atoms with Gasteiger partial charge >= 0.3 is 6.18 Å². The number of hydrogen-bond donors (Lipinski definition) is 0. The number of benzene rings is 1. The van der Waals surface area contributed by atoms with Crippen LogP contribution in [0.2, 0.25) is 0 Å². The van der Waals surface area contributed by atoms with Crippen molar-refractivity contribution in [2.75, 3.05) is 0 Å². The highest BCUT2D eigenvalue weighted by molar-refractivity contribution is 5.28. The van der Waals surface area contributed by atoms with Crippen LogP contribution < -0.4 is 0 Å². The van der Waals surface area contributed by atoms with Crippen molar-refractivity contribution in [2.24, 2.45) is 23.7 Å². The molecule has 0 nitrogen and oxygen atoms in total. The molecule has 35 heavy (non-hydrogen) atoms. The summed E-state index contributed by atoms with van der Waals surface area (Å²) < 4.78 is 66.0. The summed E-state index contributed by atoms with van der Waals surface area (Å²) in [5.74, 6) is 0.0551. The molecule has 0 saturated heterocycles. The van der Waals surface area contributed by atoms with Gasteiger partial charge in [0.2, 0.25) is 0 Å². The van der Waals surface area contributed by atoms with Crippen molar-refractivity contribution in [3.05, 3.63) is 47.0 Å². The van der Waals surface area contributed by atoms with Crippen molar-refractivity contribution >= 4 is 0 Å². The van der Waals surface area contributed by atoms with Crippen LogP contribution in [0.3, 0.4) is 0 Å². The minimum Gasteiger partial charge on any atom is -0.206 e. The van der Waals surface area contributed by atoms with Crippen molar-refractivity contribution in [1.82, 2.24) is 0 Å². The quantitative estimate of drug-likeness (QED) is 0.162. The first kappa shape index (κ1) is 28.2. The number of aryl methyl sites for hydroxylation is 1. The smallest absolute Gasteiger partial charge is 0.206 e. The molecule has 1 aromatic carbocycles. The number of halogens is 5. The second kappa shape index (κ2) is 13.8. The van der Waals surface area contributed by atoms with Crippen LogP contribution in [-0.4, -0.2) is 0 Å². The summed E-state index contributed by atoms with van der Waals surface area (Å²) in [5.41, 5.74) is -1.46. The van der Waals surface area contributed by atoms with Crippen LogP contribution in [0.4, 0.5) is 22.0 Å². The number of unbranched alkanes of at least 4 members (excludes halogenated alkanes) is 3. The standard InChI is InChI=1S/C30H43F5/c1-2-3-4-5-6-7-8-9-22-12-16-25(17-13-22)26-18-14-23(15-19-26)10-11-24-20-27(31)29(28(32)21-24)30(33,34)35/h4-5,20-23,25-26H,2-3,6-19H2,1H3/b5-4+/t22-,23-,25-,26-. The number of hydrogen-bond acceptors (Lipinski definition) is 0. The van der Waals surface area contributed by atoms with Crippen LogP contribution in [0.1, 0.15) is 114 Å². The summed E-state index contributed by atoms with van der Waals surface area (Å²) in [6.45, 7) is 2.21. The average molecular weight is 499 g/mol. The molecule has 2 aliphatic carbocycles. The molecule has 0 aromatic heterocycles. The zero-order valence-electron chi connectivity index (χ0n) is 21.3. The molecule has 0 atom stereocenters. The van der Waals surface area contributed by atoms with E-state index in [1.165, 1.54) is 77.0 Å². The predicted octanol–water partition coefficient (Wildman–Crippen LogP) is 10.4. The van der Waals surface area contributed by atoms with Crippen molar-refractivity contribution in [3.63, 3.8) is 0 Å². The summed E-state index contributed by atoms with van der Waals surface area (Å²) in [4.78, 5) is 0. The van der Waals surface area contributed by atoms with Crippen LogP contribution in [0.15, 0.2) is 24.3 Å². The van der Waals surface area contributed by atoms with E-state index in [1.54, 1.807) is 0 Å². The van der Waals surface area contributed by atoms with Crippen molar-refractivity contribution in [3.8, 4) is 0 Å². The highest BCUT2D eigenvalue weighted by atomic mass is 19.4. The van der Waals surface area contributed by atoms with Gasteiger partial charge in [0.25, 0.3) is 0 Å². The number of alkyl halides is 3. The Kier molecular flexibility index (Phi) is 11.1. The minimum atomic E-state index is -5.00. The van der Waals surface area contributed by atoms with Gasteiger partial charge in [0.05, 0.1) is 0 Å². The Morgan fingerprint density at radius 2 is 1.26 bits per heavy atom. The van der Waals surface area contributed by atoms with Gasteiger partial charge in [0, 0.05) is 0 Å². The molecule has 2 aliphatic rings. The Morgan fingerprint density at radius 3 is 1.77 bits per heavy atom. The van der Waals surface area contributed by atoms with Crippen molar-refractivity contribution < 1.29 is 22.0 Å². The molecule has 1 aromatic rings. The Morgan fingerprint density at radius 1 is 0.743 bits per heavy atom. The molecule has 5 heteroatoms. The SMILES string of the molecule is CCC/C=C/CCCC[C@H]1CC[C@H]([C@H]2CC[C@H](CCc3cc(F)c(C(F)(F)F)c(F)c3)CC2)CC1. The normalized spacial score (nSPS) is 25.9. The fourth-order valence-electron chi connectivity index (χ4n) is 6.41. The Balaban J connectivity index is 1.32. The summed E-state index contributed by atoms with van der Waals surface area (Å²) in [5, 5.41) is 0. The van der Waals surface area contributed by atoms with Gasteiger partial charge in [-0.1, -0.05) is 64.0 Å². The number of allylic oxidation sites excluding steroid dienone is 2. The van der Waals surface area contributed by atoms with Crippen LogP contribution >= 0.6 is 0 Å². The van der Waals surface area contributed by atoms with Gasteiger partial charge < -0.3 is 0 Å². The first-order chi connectivity index (χ1) is 16.8. The van der Waals surface area contributed by atoms with Gasteiger partial charge in [0.15, 0.2) is 0 Å². The largest absolute Gasteiger partial charge is 0.422 e. The van der Waals surface area contributed by atoms with Crippen LogP contribution in [0.25, 0.3) is 0 Å². The third-order valence-corrected chi connectivity index (χ3v) is 8.53. The lowest BCUT2D eigenvalue weighted by Crippen LogP contribution is -2.26. The molecular weight excluding hydrogens is 455 g/mol. The molecule has 2 fully saturated rings. The molecule has 0 spiro atoms. The van der Waals surface area contributed by atoms with E-state index >= 15 is 0 Å². The van der Waals surface area contributed by atoms with Crippen molar-refractivity contribution in [1.29, 1.82) is 0 Å². The van der Waals surface area contributed by atoms with E-state index in [2.05, 4.69) is 19.1 Å². The van der Waals surface area contributed by atoms with Gasteiger partial charge in [-0.15, -0.1) is 0 Å². The maximum Gasteiger partial charge on any atom is 0.422 e. The highest BCUT2D eigenvalue weighted by Crippen LogP contribution is 2.43. The van der Waals surface area contributed by atoms with E-state index in [-0.39, 0.29) is 0 Å². The Bertz CT molecular complexity index is 757. The lowest BCUT2D eigenvalue weighted by Gasteiger charge is -2.38. The number of rotatable bonds is 11. The van der Waals surface area contributed by atoms with Gasteiger partial charge in [0.1, 0.15) is 17.2 Å². The predicted molar refractivity (Wildman–Crippen MR) is 133 cm³/mol. The molecule has 0 N–H and O–H groups in total. The van der Waals surface area contributed by atoms with E-state index in [1.807, 2.05) is 0 Å². The lowest BCUT2D eigenvalue weighted by atomic mass is 9.68. The molecule has 198 valence electrons. The van der Waals surface area contributed by atoms with Gasteiger partial charge in [-0.2, -0.15) is 13.2 Å². The minimum absolute atomic E-state index is 0.324. The molecule has 0 aliphatic heterocycles. The van der Waals surface area contributed by atoms with Crippen LogP contribution in [-0.2, 0) is 12.6 Å². The monoisotopic (exact) mass is 498 g/mol. The second-order valence-corrected chi connectivity index (χ2v) is 11.1. The summed E-state index contributed by atoms with van der Waals surface area (Å²) in [6, 6.07) is 1.72. The average Bonchev–Trinajstić information content (AvgIpc) is 2.82. The maximum atomic E-state index is 13.8. The Labute approximate surface area is 208 Å². The maximum absolute atomic E-state index is 13.8. The van der Waals surface area contributed by atoms with E-state index in [4.69, 9.17) is 0 Å². The zero-order valence-corrected chi connectivity index (χ0v) is 21.3. The van der Waals surface area contributed by atoms with Crippen LogP contribution in [0.5, 0.6) is 0 Å². The molecule has 0 amide bonds. The fraction of sp³-hybridized carbons (Fsp3) is 0.733. The molecule has 3 rings (SSSR count). The molecule has 2 saturated carbocycles. The molecular formula is C30H43F5. The fourth-order valence-corrected chi connectivity index (χ4v) is 6.41. The molecule has 0 bridgehead atoms. The summed E-state index contributed by atoms with van der Waals surface area (Å²) in [7, 11) is 0. The van der Waals surface area contributed by atoms with Gasteiger partial charge in [-0.05, 0) is 99.2 Å². The van der Waals surface area contributed by atoms with Crippen LogP contribution in [0, 0.1) is 35.3 Å². The molecule has 0 radical (unpaired) electrons. The third kappa shape index (κ3) is 8.89. The first-order valence-electron chi connectivity index (χ1n) is 14.0. The molecule has 0 unspecified atom stereocenters. The van der Waals surface area contributed by atoms with E-state index < -0.39 is 23.4 Å². The van der Waals surface area contributed by atoms with E-state index in [0.717, 1.165) is 49.1 Å². The topological polar surface area (TPSA) is 0 Å². The summed E-state index contributed by atoms with van der Waals surface area (Å²) in [6.07, 6.45) is 18.7. The Hall–Kier alpha value is -1.39. The summed E-state index contributed by atoms with van der Waals surface area (Å²) >= 11 is 0. The first-order valence-corrected chi connectivity index (χ1v) is 14.0. The van der Waals surface area contributed by atoms with E-state index in [0.29, 0.717) is 17.9 Å². The van der Waals surface area contributed by atoms with Crippen molar-refractivity contribution in [2.45, 2.75) is 116 Å². The highest BCUT2D eigenvalue weighted by Gasteiger charge is 2.38.